The molecule has 2 fully saturated rings. The maximum absolute atomic E-state index is 13.0. The van der Waals surface area contributed by atoms with Gasteiger partial charge in [0.25, 0.3) is 5.91 Å². The molecule has 2 aliphatic heterocycles. The fourth-order valence-electron chi connectivity index (χ4n) is 4.08. The maximum atomic E-state index is 13.0. The Kier molecular flexibility index (Phi) is 4.82. The van der Waals surface area contributed by atoms with E-state index in [4.69, 9.17) is 4.74 Å². The van der Waals surface area contributed by atoms with Crippen LogP contribution in [-0.4, -0.2) is 63.6 Å². The van der Waals surface area contributed by atoms with E-state index >= 15 is 0 Å². The third-order valence-corrected chi connectivity index (χ3v) is 5.82. The van der Waals surface area contributed by atoms with Crippen LogP contribution in [-0.2, 0) is 0 Å². The minimum atomic E-state index is 0.0541. The molecule has 0 unspecified atom stereocenters. The molecule has 4 heterocycles. The van der Waals surface area contributed by atoms with Gasteiger partial charge in [-0.1, -0.05) is 0 Å². The molecular formula is C19H26N6O2. The molecule has 4 rings (SSSR count). The Balaban J connectivity index is 1.47. The van der Waals surface area contributed by atoms with E-state index in [0.29, 0.717) is 29.3 Å². The van der Waals surface area contributed by atoms with Gasteiger partial charge in [-0.15, -0.1) is 10.2 Å². The molecule has 8 nitrogen and oxygen atoms in total. The summed E-state index contributed by atoms with van der Waals surface area (Å²) in [5.41, 5.74) is 1.81. The quantitative estimate of drug-likeness (QED) is 0.880. The summed E-state index contributed by atoms with van der Waals surface area (Å²) >= 11 is 0. The van der Waals surface area contributed by atoms with Crippen LogP contribution in [0.2, 0.25) is 0 Å². The summed E-state index contributed by atoms with van der Waals surface area (Å²) in [6, 6.07) is 3.55. The van der Waals surface area contributed by atoms with Gasteiger partial charge in [0.1, 0.15) is 0 Å². The largest absolute Gasteiger partial charge is 0.477 e. The molecule has 27 heavy (non-hydrogen) atoms. The highest BCUT2D eigenvalue weighted by molar-refractivity contribution is 5.95. The predicted octanol–water partition coefficient (Wildman–Crippen LogP) is 1.59. The number of nitrogens with zero attached hydrogens (tertiary/aromatic N) is 5. The molecule has 2 aromatic rings. The molecule has 2 aromatic heterocycles. The lowest BCUT2D eigenvalue weighted by Gasteiger charge is -2.38. The Labute approximate surface area is 158 Å². The number of piperidine rings is 1. The van der Waals surface area contributed by atoms with Crippen LogP contribution >= 0.6 is 0 Å². The van der Waals surface area contributed by atoms with Crippen LogP contribution in [0, 0.1) is 12.3 Å². The molecule has 8 heteroatoms. The molecular weight excluding hydrogens is 344 g/mol. The zero-order chi connectivity index (χ0) is 18.9. The normalized spacial score (nSPS) is 18.8. The molecule has 0 atom stereocenters. The van der Waals surface area contributed by atoms with Gasteiger partial charge in [-0.25, -0.2) is 4.68 Å². The molecule has 1 N–H and O–H groups in total. The molecule has 2 saturated heterocycles. The summed E-state index contributed by atoms with van der Waals surface area (Å²) in [5, 5.41) is 16.0. The van der Waals surface area contributed by atoms with Crippen LogP contribution in [0.25, 0.3) is 5.82 Å². The number of carbonyl (C=O) groups excluding carboxylic acids is 1. The lowest BCUT2D eigenvalue weighted by molar-refractivity contribution is 0.0607. The van der Waals surface area contributed by atoms with Crippen molar-refractivity contribution in [1.82, 2.24) is 30.2 Å². The summed E-state index contributed by atoms with van der Waals surface area (Å²) in [4.78, 5) is 15.0. The van der Waals surface area contributed by atoms with Crippen LogP contribution in [0.3, 0.4) is 0 Å². The number of carbonyl (C=O) groups is 1. The van der Waals surface area contributed by atoms with E-state index in [1.165, 1.54) is 6.42 Å². The molecule has 0 bridgehead atoms. The average Bonchev–Trinajstić information content (AvgIpc) is 3.30. The van der Waals surface area contributed by atoms with Crippen molar-refractivity contribution < 1.29 is 9.53 Å². The first-order valence-corrected chi connectivity index (χ1v) is 9.63. The smallest absolute Gasteiger partial charge is 0.257 e. The van der Waals surface area contributed by atoms with E-state index in [1.54, 1.807) is 23.0 Å². The molecule has 0 aromatic carbocycles. The van der Waals surface area contributed by atoms with Crippen molar-refractivity contribution in [1.29, 1.82) is 0 Å². The van der Waals surface area contributed by atoms with Gasteiger partial charge >= 0.3 is 0 Å². The molecule has 0 radical (unpaired) electrons. The van der Waals surface area contributed by atoms with E-state index in [2.05, 4.69) is 20.6 Å². The van der Waals surface area contributed by atoms with Crippen LogP contribution in [0.5, 0.6) is 5.88 Å². The highest BCUT2D eigenvalue weighted by Crippen LogP contribution is 2.37. The minimum absolute atomic E-state index is 0.0541. The van der Waals surface area contributed by atoms with Crippen molar-refractivity contribution in [2.45, 2.75) is 33.1 Å². The average molecular weight is 370 g/mol. The Hall–Kier alpha value is -2.48. The van der Waals surface area contributed by atoms with E-state index < -0.39 is 0 Å². The van der Waals surface area contributed by atoms with Crippen molar-refractivity contribution in [2.24, 2.45) is 5.41 Å². The second-order valence-corrected chi connectivity index (χ2v) is 7.44. The minimum Gasteiger partial charge on any atom is -0.477 e. The highest BCUT2D eigenvalue weighted by atomic mass is 16.5. The monoisotopic (exact) mass is 370 g/mol. The third kappa shape index (κ3) is 3.41. The van der Waals surface area contributed by atoms with Crippen molar-refractivity contribution in [2.75, 3.05) is 32.8 Å². The van der Waals surface area contributed by atoms with E-state index in [-0.39, 0.29) is 5.91 Å². The molecule has 1 amide bonds. The number of rotatable bonds is 4. The van der Waals surface area contributed by atoms with Gasteiger partial charge in [-0.3, -0.25) is 4.79 Å². The predicted molar refractivity (Wildman–Crippen MR) is 100 cm³/mol. The summed E-state index contributed by atoms with van der Waals surface area (Å²) in [6.07, 6.45) is 5.01. The third-order valence-electron chi connectivity index (χ3n) is 5.82. The zero-order valence-electron chi connectivity index (χ0n) is 15.9. The summed E-state index contributed by atoms with van der Waals surface area (Å²) < 4.78 is 6.98. The summed E-state index contributed by atoms with van der Waals surface area (Å²) in [5.74, 6) is 1.11. The van der Waals surface area contributed by atoms with Crippen molar-refractivity contribution in [3.05, 3.63) is 29.6 Å². The van der Waals surface area contributed by atoms with Gasteiger partial charge in [-0.2, -0.15) is 5.10 Å². The molecule has 0 saturated carbocycles. The zero-order valence-corrected chi connectivity index (χ0v) is 15.9. The second kappa shape index (κ2) is 7.26. The van der Waals surface area contributed by atoms with Crippen LogP contribution in [0.1, 0.15) is 42.2 Å². The standard InChI is InChI=1S/C19H26N6O2/c1-3-27-17-5-4-16(22-23-17)25-14(2)15(12-21-25)18(26)24-10-7-19(8-11-24)6-9-20-13-19/h4-5,12,20H,3,6-11,13H2,1-2H3. The van der Waals surface area contributed by atoms with Gasteiger partial charge < -0.3 is 15.0 Å². The first-order valence-electron chi connectivity index (χ1n) is 9.63. The molecule has 1 spiro atoms. The van der Waals surface area contributed by atoms with Crippen molar-refractivity contribution >= 4 is 5.91 Å². The Morgan fingerprint density at radius 1 is 1.26 bits per heavy atom. The fourth-order valence-corrected chi connectivity index (χ4v) is 4.08. The first-order chi connectivity index (χ1) is 13.1. The maximum Gasteiger partial charge on any atom is 0.257 e. The molecule has 2 aliphatic rings. The fraction of sp³-hybridized carbons (Fsp3) is 0.579. The molecule has 0 aliphatic carbocycles. The number of likely N-dealkylation sites (tertiary alicyclic amines) is 1. The van der Waals surface area contributed by atoms with Gasteiger partial charge in [0.05, 0.1) is 24.1 Å². The number of amides is 1. The number of hydrogen-bond acceptors (Lipinski definition) is 6. The number of aromatic nitrogens is 4. The van der Waals surface area contributed by atoms with Crippen LogP contribution < -0.4 is 10.1 Å². The lowest BCUT2D eigenvalue weighted by Crippen LogP contribution is -2.44. The van der Waals surface area contributed by atoms with Gasteiger partial charge in [-0.05, 0) is 51.1 Å². The SMILES string of the molecule is CCOc1ccc(-n2ncc(C(=O)N3CCC4(CCNC4)CC3)c2C)nn1. The van der Waals surface area contributed by atoms with Crippen molar-refractivity contribution in [3.8, 4) is 11.7 Å². The highest BCUT2D eigenvalue weighted by Gasteiger charge is 2.38. The van der Waals surface area contributed by atoms with E-state index in [1.807, 2.05) is 18.7 Å². The number of hydrogen-bond donors (Lipinski definition) is 1. The lowest BCUT2D eigenvalue weighted by atomic mass is 9.78. The van der Waals surface area contributed by atoms with Crippen LogP contribution in [0.15, 0.2) is 18.3 Å². The van der Waals surface area contributed by atoms with Crippen LogP contribution in [0.4, 0.5) is 0 Å². The van der Waals surface area contributed by atoms with Gasteiger partial charge in [0.15, 0.2) is 5.82 Å². The van der Waals surface area contributed by atoms with Crippen molar-refractivity contribution in [3.63, 3.8) is 0 Å². The summed E-state index contributed by atoms with van der Waals surface area (Å²) in [6.45, 7) is 8.15. The molecule has 144 valence electrons. The van der Waals surface area contributed by atoms with E-state index in [9.17, 15) is 4.79 Å². The second-order valence-electron chi connectivity index (χ2n) is 7.44. The summed E-state index contributed by atoms with van der Waals surface area (Å²) in [7, 11) is 0. The number of nitrogens with one attached hydrogen (secondary N) is 1. The Morgan fingerprint density at radius 2 is 2.07 bits per heavy atom. The number of ether oxygens (including phenoxy) is 1. The Morgan fingerprint density at radius 3 is 2.70 bits per heavy atom. The van der Waals surface area contributed by atoms with Gasteiger partial charge in [0, 0.05) is 25.7 Å². The Bertz CT molecular complexity index is 800. The topological polar surface area (TPSA) is 85.2 Å². The van der Waals surface area contributed by atoms with E-state index in [0.717, 1.165) is 44.7 Å². The van der Waals surface area contributed by atoms with Gasteiger partial charge in [0.2, 0.25) is 5.88 Å². The first kappa shape index (κ1) is 17.9.